The van der Waals surface area contributed by atoms with Crippen molar-refractivity contribution in [1.29, 1.82) is 5.26 Å². The van der Waals surface area contributed by atoms with Crippen LogP contribution in [-0.4, -0.2) is 12.4 Å². The molecule has 0 atom stereocenters. The normalized spacial score (nSPS) is 15.6. The number of hydrogen-bond acceptors (Lipinski definition) is 3. The Hall–Kier alpha value is -2.38. The maximum absolute atomic E-state index is 12.7. The first kappa shape index (κ1) is 14.6. The van der Waals surface area contributed by atoms with Crippen LogP contribution in [0.15, 0.2) is 52.5 Å². The molecule has 0 radical (unpaired) electrons. The van der Waals surface area contributed by atoms with Crippen molar-refractivity contribution in [1.82, 2.24) is 0 Å². The van der Waals surface area contributed by atoms with Gasteiger partial charge in [-0.3, -0.25) is 4.79 Å². The lowest BCUT2D eigenvalue weighted by Crippen LogP contribution is -2.02. The maximum atomic E-state index is 12.7. The lowest BCUT2D eigenvalue weighted by Gasteiger charge is -2.05. The molecule has 0 spiro atoms. The van der Waals surface area contributed by atoms with Gasteiger partial charge in [-0.2, -0.15) is 5.26 Å². The third-order valence-electron chi connectivity index (χ3n) is 3.46. The summed E-state index contributed by atoms with van der Waals surface area (Å²) in [6, 6.07) is 14.8. The van der Waals surface area contributed by atoms with Crippen LogP contribution < -0.4 is 4.74 Å². The second-order valence-electron chi connectivity index (χ2n) is 4.97. The number of carbonyl (C=O) groups excluding carboxylic acids is 1. The summed E-state index contributed by atoms with van der Waals surface area (Å²) in [6.45, 7) is 0.462. The lowest BCUT2D eigenvalue weighted by molar-refractivity contribution is 0.103. The summed E-state index contributed by atoms with van der Waals surface area (Å²) < 4.78 is 6.50. The van der Waals surface area contributed by atoms with Gasteiger partial charge in [0.1, 0.15) is 5.75 Å². The van der Waals surface area contributed by atoms with Gasteiger partial charge >= 0.3 is 0 Å². The van der Waals surface area contributed by atoms with Gasteiger partial charge in [-0.15, -0.1) is 0 Å². The minimum Gasteiger partial charge on any atom is -0.492 e. The fourth-order valence-electron chi connectivity index (χ4n) is 2.40. The van der Waals surface area contributed by atoms with Crippen LogP contribution in [0, 0.1) is 11.3 Å². The fourth-order valence-corrected chi connectivity index (χ4v) is 2.76. The number of halogens is 1. The van der Waals surface area contributed by atoms with E-state index < -0.39 is 0 Å². The number of carbonyl (C=O) groups is 1. The van der Waals surface area contributed by atoms with E-state index >= 15 is 0 Å². The Labute approximate surface area is 137 Å². The third kappa shape index (κ3) is 2.95. The van der Waals surface area contributed by atoms with Crippen molar-refractivity contribution < 1.29 is 9.53 Å². The van der Waals surface area contributed by atoms with Gasteiger partial charge in [0.2, 0.25) is 0 Å². The molecular weight excluding hydrogens is 342 g/mol. The van der Waals surface area contributed by atoms with E-state index in [-0.39, 0.29) is 5.78 Å². The van der Waals surface area contributed by atoms with E-state index in [0.717, 1.165) is 10.0 Å². The maximum Gasteiger partial charge on any atom is 0.192 e. The third-order valence-corrected chi connectivity index (χ3v) is 3.96. The number of fused-ring (bicyclic) bond motifs is 1. The Bertz CT molecular complexity index is 818. The van der Waals surface area contributed by atoms with Crippen molar-refractivity contribution in [2.75, 3.05) is 6.61 Å². The zero-order chi connectivity index (χ0) is 15.5. The molecule has 1 aliphatic heterocycles. The van der Waals surface area contributed by atoms with Crippen molar-refractivity contribution in [3.63, 3.8) is 0 Å². The zero-order valence-electron chi connectivity index (χ0n) is 11.7. The van der Waals surface area contributed by atoms with Gasteiger partial charge in [-0.25, -0.2) is 0 Å². The highest BCUT2D eigenvalue weighted by Gasteiger charge is 2.21. The fraction of sp³-hybridized carbons (Fsp3) is 0.111. The summed E-state index contributed by atoms with van der Waals surface area (Å²) in [5.41, 5.74) is 2.68. The molecule has 0 unspecified atom stereocenters. The van der Waals surface area contributed by atoms with Gasteiger partial charge in [-0.05, 0) is 42.0 Å². The highest BCUT2D eigenvalue weighted by molar-refractivity contribution is 9.10. The van der Waals surface area contributed by atoms with Crippen LogP contribution >= 0.6 is 15.9 Å². The summed E-state index contributed by atoms with van der Waals surface area (Å²) in [4.78, 5) is 12.7. The number of hydrogen-bond donors (Lipinski definition) is 0. The summed E-state index contributed by atoms with van der Waals surface area (Å²) >= 11 is 3.39. The van der Waals surface area contributed by atoms with Crippen LogP contribution in [0.3, 0.4) is 0 Å². The Morgan fingerprint density at radius 2 is 2.09 bits per heavy atom. The number of rotatable bonds is 1. The number of nitriles is 1. The predicted octanol–water partition coefficient (Wildman–Crippen LogP) is 4.37. The van der Waals surface area contributed by atoms with Crippen molar-refractivity contribution in [2.24, 2.45) is 0 Å². The molecule has 0 aromatic heterocycles. The van der Waals surface area contributed by atoms with E-state index in [1.807, 2.05) is 24.3 Å². The smallest absolute Gasteiger partial charge is 0.192 e. The van der Waals surface area contributed by atoms with Crippen LogP contribution in [0.25, 0.3) is 6.08 Å². The first-order valence-electron chi connectivity index (χ1n) is 6.85. The molecule has 4 heteroatoms. The predicted molar refractivity (Wildman–Crippen MR) is 87.7 cm³/mol. The van der Waals surface area contributed by atoms with Crippen LogP contribution in [-0.2, 0) is 0 Å². The highest BCUT2D eigenvalue weighted by atomic mass is 79.9. The summed E-state index contributed by atoms with van der Waals surface area (Å²) in [6.07, 6.45) is 2.38. The lowest BCUT2D eigenvalue weighted by atomic mass is 9.98. The van der Waals surface area contributed by atoms with Gasteiger partial charge < -0.3 is 4.74 Å². The average Bonchev–Trinajstić information content (AvgIpc) is 2.68. The van der Waals surface area contributed by atoms with E-state index in [2.05, 4.69) is 22.0 Å². The first-order valence-corrected chi connectivity index (χ1v) is 7.64. The molecule has 0 amide bonds. The summed E-state index contributed by atoms with van der Waals surface area (Å²) in [5.74, 6) is 0.582. The second-order valence-corrected chi connectivity index (χ2v) is 5.89. The summed E-state index contributed by atoms with van der Waals surface area (Å²) in [7, 11) is 0. The molecule has 2 aromatic carbocycles. The molecule has 0 saturated carbocycles. The van der Waals surface area contributed by atoms with Crippen LogP contribution in [0.1, 0.15) is 27.9 Å². The van der Waals surface area contributed by atoms with Crippen molar-refractivity contribution in [2.45, 2.75) is 6.42 Å². The molecule has 1 aliphatic rings. The molecule has 3 nitrogen and oxygen atoms in total. The number of nitrogens with zero attached hydrogens (tertiary/aromatic N) is 1. The number of ketones is 1. The van der Waals surface area contributed by atoms with Gasteiger partial charge in [0.05, 0.1) is 23.8 Å². The van der Waals surface area contributed by atoms with E-state index in [4.69, 9.17) is 10.00 Å². The van der Waals surface area contributed by atoms with Crippen molar-refractivity contribution in [3.8, 4) is 11.8 Å². The molecule has 0 N–H and O–H groups in total. The molecular formula is C18H12BrNO2. The van der Waals surface area contributed by atoms with Crippen LogP contribution in [0.4, 0.5) is 0 Å². The topological polar surface area (TPSA) is 50.1 Å². The Kier molecular flexibility index (Phi) is 4.08. The minimum absolute atomic E-state index is 0.0313. The average molecular weight is 354 g/mol. The van der Waals surface area contributed by atoms with Gasteiger partial charge in [0.15, 0.2) is 5.78 Å². The highest BCUT2D eigenvalue weighted by Crippen LogP contribution is 2.30. The largest absolute Gasteiger partial charge is 0.492 e. The molecule has 0 saturated heterocycles. The van der Waals surface area contributed by atoms with Crippen LogP contribution in [0.5, 0.6) is 5.75 Å². The monoisotopic (exact) mass is 353 g/mol. The van der Waals surface area contributed by atoms with Crippen molar-refractivity contribution in [3.05, 3.63) is 69.2 Å². The molecule has 3 rings (SSSR count). The first-order chi connectivity index (χ1) is 10.7. The molecule has 0 fully saturated rings. The van der Waals surface area contributed by atoms with Crippen LogP contribution in [0.2, 0.25) is 0 Å². The Morgan fingerprint density at radius 3 is 2.91 bits per heavy atom. The number of ether oxygens (including phenoxy) is 1. The van der Waals surface area contributed by atoms with E-state index in [1.165, 1.54) is 0 Å². The standard InChI is InChI=1S/C18H12BrNO2/c19-15-4-5-17-16(10-15)18(21)14(6-7-22-17)9-12-2-1-3-13(8-12)11-20/h1-5,8-10H,6-7H2/b14-9+. The zero-order valence-corrected chi connectivity index (χ0v) is 13.3. The Balaban J connectivity index is 2.02. The van der Waals surface area contributed by atoms with E-state index in [1.54, 1.807) is 24.3 Å². The van der Waals surface area contributed by atoms with Gasteiger partial charge in [0, 0.05) is 16.5 Å². The minimum atomic E-state index is -0.0313. The molecule has 1 heterocycles. The molecule has 22 heavy (non-hydrogen) atoms. The van der Waals surface area contributed by atoms with Crippen molar-refractivity contribution >= 4 is 27.8 Å². The Morgan fingerprint density at radius 1 is 1.23 bits per heavy atom. The summed E-state index contributed by atoms with van der Waals surface area (Å²) in [5, 5.41) is 8.96. The van der Waals surface area contributed by atoms with E-state index in [0.29, 0.717) is 35.5 Å². The van der Waals surface area contributed by atoms with Gasteiger partial charge in [-0.1, -0.05) is 28.1 Å². The molecule has 108 valence electrons. The SMILES string of the molecule is N#Cc1cccc(/C=C2\CCOc3ccc(Br)cc3C2=O)c1. The second kappa shape index (κ2) is 6.17. The number of Topliss-reactive ketones (excluding diaryl/α,β-unsaturated/α-hetero) is 1. The molecule has 0 bridgehead atoms. The molecule has 0 aliphatic carbocycles. The van der Waals surface area contributed by atoms with E-state index in [9.17, 15) is 4.79 Å². The van der Waals surface area contributed by atoms with Gasteiger partial charge in [0.25, 0.3) is 0 Å². The number of benzene rings is 2. The quantitative estimate of drug-likeness (QED) is 0.715. The molecule has 2 aromatic rings.